The molecular formula is C23H22N2O2S. The molecule has 0 radical (unpaired) electrons. The second-order valence-corrected chi connectivity index (χ2v) is 7.67. The maximum Gasteiger partial charge on any atom is 0.224 e. The van der Waals surface area contributed by atoms with E-state index in [1.807, 2.05) is 36.4 Å². The largest absolute Gasteiger partial charge is 0.497 e. The van der Waals surface area contributed by atoms with Crippen molar-refractivity contribution in [1.82, 2.24) is 10.3 Å². The van der Waals surface area contributed by atoms with Gasteiger partial charge >= 0.3 is 0 Å². The summed E-state index contributed by atoms with van der Waals surface area (Å²) in [6, 6.07) is 20.1. The number of hydrogen-bond donors (Lipinski definition) is 2. The minimum Gasteiger partial charge on any atom is -0.497 e. The summed E-state index contributed by atoms with van der Waals surface area (Å²) in [6.45, 7) is 0.561. The molecule has 1 atom stereocenters. The summed E-state index contributed by atoms with van der Waals surface area (Å²) >= 11 is 1.72. The van der Waals surface area contributed by atoms with E-state index in [0.717, 1.165) is 16.8 Å². The molecular weight excluding hydrogens is 368 g/mol. The molecule has 2 aromatic carbocycles. The quantitative estimate of drug-likeness (QED) is 0.479. The molecule has 0 saturated carbocycles. The molecule has 4 nitrogen and oxygen atoms in total. The average Bonchev–Trinajstić information content (AvgIpc) is 3.39. The Hall–Kier alpha value is -3.05. The molecule has 4 aromatic rings. The van der Waals surface area contributed by atoms with E-state index in [9.17, 15) is 4.79 Å². The van der Waals surface area contributed by atoms with Gasteiger partial charge in [-0.2, -0.15) is 0 Å². The Kier molecular flexibility index (Phi) is 5.44. The van der Waals surface area contributed by atoms with Gasteiger partial charge in [-0.25, -0.2) is 0 Å². The first kappa shape index (κ1) is 18.3. The third-order valence-corrected chi connectivity index (χ3v) is 5.87. The van der Waals surface area contributed by atoms with Gasteiger partial charge < -0.3 is 15.0 Å². The number of aromatic nitrogens is 1. The van der Waals surface area contributed by atoms with Gasteiger partial charge in [0.05, 0.1) is 13.5 Å². The van der Waals surface area contributed by atoms with E-state index in [0.29, 0.717) is 13.0 Å². The van der Waals surface area contributed by atoms with E-state index in [2.05, 4.69) is 46.1 Å². The zero-order chi connectivity index (χ0) is 19.3. The van der Waals surface area contributed by atoms with E-state index in [-0.39, 0.29) is 11.8 Å². The Balaban J connectivity index is 1.51. The molecule has 0 fully saturated rings. The van der Waals surface area contributed by atoms with E-state index < -0.39 is 0 Å². The third kappa shape index (κ3) is 3.94. The molecule has 0 spiro atoms. The Labute approximate surface area is 168 Å². The van der Waals surface area contributed by atoms with Crippen LogP contribution in [0.4, 0.5) is 0 Å². The molecule has 2 heterocycles. The SMILES string of the molecule is COc1cccc(CC(=O)NC[C@@H](c2cccs2)c2c[nH]c3ccccc23)c1. The molecule has 28 heavy (non-hydrogen) atoms. The van der Waals surface area contributed by atoms with Gasteiger partial charge in [-0.3, -0.25) is 4.79 Å². The molecule has 0 unspecified atom stereocenters. The number of para-hydroxylation sites is 1. The highest BCUT2D eigenvalue weighted by Gasteiger charge is 2.20. The first-order valence-electron chi connectivity index (χ1n) is 9.23. The Morgan fingerprint density at radius 3 is 2.86 bits per heavy atom. The number of hydrogen-bond acceptors (Lipinski definition) is 3. The Bertz CT molecular complexity index is 1070. The van der Waals surface area contributed by atoms with Crippen molar-refractivity contribution in [3.8, 4) is 5.75 Å². The fourth-order valence-electron chi connectivity index (χ4n) is 3.48. The normalized spacial score (nSPS) is 12.0. The number of rotatable bonds is 7. The maximum absolute atomic E-state index is 12.6. The van der Waals surface area contributed by atoms with Crippen LogP contribution in [0.3, 0.4) is 0 Å². The van der Waals surface area contributed by atoms with Crippen LogP contribution in [0.2, 0.25) is 0 Å². The lowest BCUT2D eigenvalue weighted by Gasteiger charge is -2.16. The fraction of sp³-hybridized carbons (Fsp3) is 0.174. The van der Waals surface area contributed by atoms with E-state index >= 15 is 0 Å². The number of benzene rings is 2. The van der Waals surface area contributed by atoms with Crippen molar-refractivity contribution in [2.45, 2.75) is 12.3 Å². The summed E-state index contributed by atoms with van der Waals surface area (Å²) < 4.78 is 5.24. The van der Waals surface area contributed by atoms with Crippen LogP contribution in [0.15, 0.2) is 72.2 Å². The predicted molar refractivity (Wildman–Crippen MR) is 114 cm³/mol. The number of thiophene rings is 1. The maximum atomic E-state index is 12.6. The highest BCUT2D eigenvalue weighted by molar-refractivity contribution is 7.10. The van der Waals surface area contributed by atoms with Crippen molar-refractivity contribution in [3.63, 3.8) is 0 Å². The van der Waals surface area contributed by atoms with Crippen LogP contribution in [-0.2, 0) is 11.2 Å². The molecule has 0 saturated heterocycles. The highest BCUT2D eigenvalue weighted by atomic mass is 32.1. The van der Waals surface area contributed by atoms with Crippen molar-refractivity contribution >= 4 is 28.1 Å². The molecule has 4 rings (SSSR count). The van der Waals surface area contributed by atoms with Crippen LogP contribution in [0.1, 0.15) is 21.9 Å². The number of methoxy groups -OCH3 is 1. The highest BCUT2D eigenvalue weighted by Crippen LogP contribution is 2.32. The molecule has 0 bridgehead atoms. The minimum atomic E-state index is 0.00894. The summed E-state index contributed by atoms with van der Waals surface area (Å²) in [4.78, 5) is 17.2. The lowest BCUT2D eigenvalue weighted by molar-refractivity contribution is -0.120. The number of ether oxygens (including phenoxy) is 1. The Morgan fingerprint density at radius 2 is 2.04 bits per heavy atom. The number of carbonyl (C=O) groups excluding carboxylic acids is 1. The molecule has 2 N–H and O–H groups in total. The summed E-state index contributed by atoms with van der Waals surface area (Å²) in [5, 5.41) is 6.40. The second kappa shape index (κ2) is 8.31. The third-order valence-electron chi connectivity index (χ3n) is 4.89. The predicted octanol–water partition coefficient (Wildman–Crippen LogP) is 4.73. The fourth-order valence-corrected chi connectivity index (χ4v) is 4.33. The number of aromatic amines is 1. The van der Waals surface area contributed by atoms with E-state index in [1.54, 1.807) is 18.4 Å². The van der Waals surface area contributed by atoms with Gasteiger partial charge in [0.15, 0.2) is 0 Å². The monoisotopic (exact) mass is 390 g/mol. The van der Waals surface area contributed by atoms with Gasteiger partial charge in [-0.15, -0.1) is 11.3 Å². The number of fused-ring (bicyclic) bond motifs is 1. The summed E-state index contributed by atoms with van der Waals surface area (Å²) in [7, 11) is 1.63. The zero-order valence-corrected chi connectivity index (χ0v) is 16.5. The molecule has 0 aliphatic carbocycles. The van der Waals surface area contributed by atoms with Gasteiger partial charge in [0.2, 0.25) is 5.91 Å². The lowest BCUT2D eigenvalue weighted by Crippen LogP contribution is -2.29. The molecule has 5 heteroatoms. The van der Waals surface area contributed by atoms with Crippen molar-refractivity contribution in [2.75, 3.05) is 13.7 Å². The van der Waals surface area contributed by atoms with Crippen LogP contribution < -0.4 is 10.1 Å². The van der Waals surface area contributed by atoms with Crippen molar-refractivity contribution in [2.24, 2.45) is 0 Å². The van der Waals surface area contributed by atoms with Crippen LogP contribution in [0, 0.1) is 0 Å². The van der Waals surface area contributed by atoms with Gasteiger partial charge in [0, 0.05) is 34.4 Å². The lowest BCUT2D eigenvalue weighted by atomic mass is 9.96. The van der Waals surface area contributed by atoms with Crippen LogP contribution in [0.25, 0.3) is 10.9 Å². The van der Waals surface area contributed by atoms with Gasteiger partial charge in [0.1, 0.15) is 5.75 Å². The van der Waals surface area contributed by atoms with Crippen LogP contribution in [0.5, 0.6) is 5.75 Å². The van der Waals surface area contributed by atoms with Crippen LogP contribution in [-0.4, -0.2) is 24.5 Å². The topological polar surface area (TPSA) is 54.1 Å². The molecule has 142 valence electrons. The van der Waals surface area contributed by atoms with Crippen molar-refractivity contribution in [1.29, 1.82) is 0 Å². The Morgan fingerprint density at radius 1 is 1.14 bits per heavy atom. The standard InChI is InChI=1S/C23H22N2O2S/c1-27-17-7-4-6-16(12-17)13-23(26)25-15-20(22-10-5-11-28-22)19-14-24-21-9-3-2-8-18(19)21/h2-12,14,20,24H,13,15H2,1H3,(H,25,26)/t20-/m1/s1. The minimum absolute atomic E-state index is 0.00894. The van der Waals surface area contributed by atoms with Gasteiger partial charge in [-0.05, 0) is 40.8 Å². The molecule has 2 aromatic heterocycles. The molecule has 1 amide bonds. The van der Waals surface area contributed by atoms with Gasteiger partial charge in [-0.1, -0.05) is 36.4 Å². The first-order chi connectivity index (χ1) is 13.7. The average molecular weight is 391 g/mol. The van der Waals surface area contributed by atoms with Crippen molar-refractivity contribution in [3.05, 3.63) is 88.2 Å². The molecule has 0 aliphatic heterocycles. The number of H-pyrrole nitrogens is 1. The number of nitrogens with one attached hydrogen (secondary N) is 2. The smallest absolute Gasteiger partial charge is 0.224 e. The van der Waals surface area contributed by atoms with E-state index in [1.165, 1.54) is 15.8 Å². The number of amides is 1. The zero-order valence-electron chi connectivity index (χ0n) is 15.6. The first-order valence-corrected chi connectivity index (χ1v) is 10.1. The second-order valence-electron chi connectivity index (χ2n) is 6.69. The summed E-state index contributed by atoms with van der Waals surface area (Å²) in [6.07, 6.45) is 2.39. The van der Waals surface area contributed by atoms with Gasteiger partial charge in [0.25, 0.3) is 0 Å². The van der Waals surface area contributed by atoms with E-state index in [4.69, 9.17) is 4.74 Å². The molecule has 0 aliphatic rings. The van der Waals surface area contributed by atoms with Crippen molar-refractivity contribution < 1.29 is 9.53 Å². The summed E-state index contributed by atoms with van der Waals surface area (Å²) in [5.74, 6) is 0.889. The summed E-state index contributed by atoms with van der Waals surface area (Å²) in [5.41, 5.74) is 3.26. The number of carbonyl (C=O) groups is 1. The van der Waals surface area contributed by atoms with Crippen LogP contribution >= 0.6 is 11.3 Å².